The number of methoxy groups -OCH3 is 1. The first-order valence-corrected chi connectivity index (χ1v) is 7.60. The van der Waals surface area contributed by atoms with Gasteiger partial charge in [0.25, 0.3) is 0 Å². The molecule has 2 aliphatic carbocycles. The van der Waals surface area contributed by atoms with Crippen molar-refractivity contribution in [3.8, 4) is 0 Å². The second kappa shape index (κ2) is 4.30. The van der Waals surface area contributed by atoms with Crippen molar-refractivity contribution in [3.63, 3.8) is 0 Å². The molecule has 3 aliphatic rings. The van der Waals surface area contributed by atoms with Gasteiger partial charge in [-0.25, -0.2) is 0 Å². The van der Waals surface area contributed by atoms with Crippen LogP contribution in [0.4, 0.5) is 0 Å². The van der Waals surface area contributed by atoms with Crippen LogP contribution >= 0.6 is 0 Å². The molecule has 0 aromatic heterocycles. The molecule has 0 amide bonds. The van der Waals surface area contributed by atoms with E-state index < -0.39 is 6.10 Å². The van der Waals surface area contributed by atoms with Gasteiger partial charge in [0.05, 0.1) is 13.0 Å². The minimum Gasteiger partial charge on any atom is -0.454 e. The Bertz CT molecular complexity index is 459. The maximum Gasteiger partial charge on any atom is 0.307 e. The molecule has 0 aromatic carbocycles. The first kappa shape index (κ1) is 14.1. The molecule has 0 radical (unpaired) electrons. The highest BCUT2D eigenvalue weighted by Gasteiger charge is 2.70. The fraction of sp³-hybridized carbons (Fsp3) is 0.875. The van der Waals surface area contributed by atoms with E-state index in [1.54, 1.807) is 7.11 Å². The molecular weight excluding hydrogens is 256 g/mol. The lowest BCUT2D eigenvalue weighted by molar-refractivity contribution is -0.171. The first-order chi connectivity index (χ1) is 9.37. The predicted molar refractivity (Wildman–Crippen MR) is 73.0 cm³/mol. The molecule has 0 bridgehead atoms. The van der Waals surface area contributed by atoms with Gasteiger partial charge in [-0.05, 0) is 24.7 Å². The second-order valence-corrected chi connectivity index (χ2v) is 7.25. The third kappa shape index (κ3) is 1.46. The van der Waals surface area contributed by atoms with Gasteiger partial charge in [0, 0.05) is 23.9 Å². The quantitative estimate of drug-likeness (QED) is 0.728. The van der Waals surface area contributed by atoms with Crippen LogP contribution in [0.5, 0.6) is 0 Å². The molecule has 0 aromatic rings. The topological polar surface area (TPSA) is 52.6 Å². The van der Waals surface area contributed by atoms with Crippen LogP contribution in [0.1, 0.15) is 40.0 Å². The Morgan fingerprint density at radius 3 is 2.65 bits per heavy atom. The van der Waals surface area contributed by atoms with Crippen molar-refractivity contribution >= 4 is 11.8 Å². The summed E-state index contributed by atoms with van der Waals surface area (Å²) in [6, 6.07) is 0. The molecule has 1 spiro atoms. The third-order valence-corrected chi connectivity index (χ3v) is 6.57. The van der Waals surface area contributed by atoms with E-state index in [1.807, 2.05) is 6.92 Å². The lowest BCUT2D eigenvalue weighted by Crippen LogP contribution is -2.60. The molecule has 3 fully saturated rings. The van der Waals surface area contributed by atoms with Gasteiger partial charge in [0.2, 0.25) is 0 Å². The van der Waals surface area contributed by atoms with Gasteiger partial charge >= 0.3 is 5.97 Å². The fourth-order valence-electron chi connectivity index (χ4n) is 5.32. The van der Waals surface area contributed by atoms with Crippen LogP contribution in [0.2, 0.25) is 0 Å². The number of ether oxygens (including phenoxy) is 2. The lowest BCUT2D eigenvalue weighted by Gasteiger charge is -2.53. The Morgan fingerprint density at radius 2 is 2.00 bits per heavy atom. The number of hydrogen-bond donors (Lipinski definition) is 0. The normalized spacial score (nSPS) is 50.8. The minimum absolute atomic E-state index is 0.0976. The summed E-state index contributed by atoms with van der Waals surface area (Å²) in [5.74, 6) is 0.462. The predicted octanol–water partition coefficient (Wildman–Crippen LogP) is 2.21. The van der Waals surface area contributed by atoms with Crippen LogP contribution in [0, 0.1) is 28.6 Å². The van der Waals surface area contributed by atoms with E-state index in [2.05, 4.69) is 13.8 Å². The van der Waals surface area contributed by atoms with E-state index in [0.717, 1.165) is 12.8 Å². The van der Waals surface area contributed by atoms with Crippen LogP contribution in [-0.2, 0) is 19.1 Å². The zero-order valence-corrected chi connectivity index (χ0v) is 12.8. The maximum absolute atomic E-state index is 12.8. The van der Waals surface area contributed by atoms with Crippen molar-refractivity contribution in [2.75, 3.05) is 13.7 Å². The van der Waals surface area contributed by atoms with Gasteiger partial charge in [-0.3, -0.25) is 9.59 Å². The van der Waals surface area contributed by atoms with E-state index in [1.165, 1.54) is 0 Å². The van der Waals surface area contributed by atoms with Gasteiger partial charge in [0.1, 0.15) is 0 Å². The standard InChI is InChI=1S/C16H24O4/c1-9-5-6-11-15(3,8-19-4)10(2)13(18)14-16(9,11)7-12(17)20-14/h9-11,14H,5-8H2,1-4H3/t9-,10+,11+,14+,15-,16+/m1/s1. The molecule has 2 saturated carbocycles. The molecule has 1 saturated heterocycles. The Balaban J connectivity index is 2.12. The summed E-state index contributed by atoms with van der Waals surface area (Å²) < 4.78 is 10.9. The smallest absolute Gasteiger partial charge is 0.307 e. The average molecular weight is 280 g/mol. The van der Waals surface area contributed by atoms with Crippen molar-refractivity contribution in [3.05, 3.63) is 0 Å². The fourth-order valence-corrected chi connectivity index (χ4v) is 5.32. The van der Waals surface area contributed by atoms with E-state index in [4.69, 9.17) is 9.47 Å². The Morgan fingerprint density at radius 1 is 1.30 bits per heavy atom. The molecule has 20 heavy (non-hydrogen) atoms. The summed E-state index contributed by atoms with van der Waals surface area (Å²) in [6.07, 6.45) is 2.02. The van der Waals surface area contributed by atoms with Crippen molar-refractivity contribution in [1.82, 2.24) is 0 Å². The molecule has 3 rings (SSSR count). The van der Waals surface area contributed by atoms with Crippen LogP contribution in [0.3, 0.4) is 0 Å². The minimum atomic E-state index is -0.516. The molecule has 0 N–H and O–H groups in total. The van der Waals surface area contributed by atoms with Crippen molar-refractivity contribution in [2.45, 2.75) is 46.1 Å². The number of carbonyl (C=O) groups is 2. The molecule has 6 atom stereocenters. The van der Waals surface area contributed by atoms with Crippen molar-refractivity contribution < 1.29 is 19.1 Å². The van der Waals surface area contributed by atoms with Crippen LogP contribution in [0.15, 0.2) is 0 Å². The number of Topliss-reactive ketones (excluding diaryl/α,β-unsaturated/α-hetero) is 1. The lowest BCUT2D eigenvalue weighted by atomic mass is 9.49. The van der Waals surface area contributed by atoms with E-state index in [-0.39, 0.29) is 28.5 Å². The van der Waals surface area contributed by atoms with Gasteiger partial charge in [-0.1, -0.05) is 20.8 Å². The Kier molecular flexibility index (Phi) is 3.02. The molecule has 4 heteroatoms. The summed E-state index contributed by atoms with van der Waals surface area (Å²) in [6.45, 7) is 6.87. The Labute approximate surface area is 120 Å². The zero-order chi connectivity index (χ0) is 14.7. The number of carbonyl (C=O) groups excluding carboxylic acids is 2. The van der Waals surface area contributed by atoms with Crippen LogP contribution < -0.4 is 0 Å². The first-order valence-electron chi connectivity index (χ1n) is 7.60. The van der Waals surface area contributed by atoms with E-state index in [9.17, 15) is 9.59 Å². The highest BCUT2D eigenvalue weighted by atomic mass is 16.6. The van der Waals surface area contributed by atoms with Gasteiger partial charge in [-0.15, -0.1) is 0 Å². The summed E-state index contributed by atoms with van der Waals surface area (Å²) in [7, 11) is 1.69. The van der Waals surface area contributed by atoms with Gasteiger partial charge in [0.15, 0.2) is 11.9 Å². The summed E-state index contributed by atoms with van der Waals surface area (Å²) in [5.41, 5.74) is -0.477. The average Bonchev–Trinajstić information content (AvgIpc) is 2.90. The number of ketones is 1. The third-order valence-electron chi connectivity index (χ3n) is 6.57. The van der Waals surface area contributed by atoms with E-state index >= 15 is 0 Å². The highest BCUT2D eigenvalue weighted by molar-refractivity contribution is 5.93. The molecular formula is C16H24O4. The van der Waals surface area contributed by atoms with E-state index in [0.29, 0.717) is 24.9 Å². The number of hydrogen-bond acceptors (Lipinski definition) is 4. The molecule has 0 unspecified atom stereocenters. The SMILES string of the molecule is COC[C@]1(C)[C@@H](C)C(=O)[C@@H]2OC(=O)C[C@@]23[C@H](C)CC[C@@H]13. The molecule has 1 heterocycles. The largest absolute Gasteiger partial charge is 0.454 e. The van der Waals surface area contributed by atoms with Crippen LogP contribution in [0.25, 0.3) is 0 Å². The van der Waals surface area contributed by atoms with Crippen molar-refractivity contribution in [1.29, 1.82) is 0 Å². The van der Waals surface area contributed by atoms with Gasteiger partial charge in [-0.2, -0.15) is 0 Å². The summed E-state index contributed by atoms with van der Waals surface area (Å²) in [4.78, 5) is 24.7. The monoisotopic (exact) mass is 280 g/mol. The number of rotatable bonds is 2. The molecule has 1 aliphatic heterocycles. The van der Waals surface area contributed by atoms with Crippen LogP contribution in [-0.4, -0.2) is 31.6 Å². The number of esters is 1. The zero-order valence-electron chi connectivity index (χ0n) is 12.8. The summed E-state index contributed by atoms with van der Waals surface area (Å²) >= 11 is 0. The maximum atomic E-state index is 12.8. The molecule has 112 valence electrons. The van der Waals surface area contributed by atoms with Gasteiger partial charge < -0.3 is 9.47 Å². The van der Waals surface area contributed by atoms with Crippen molar-refractivity contribution in [2.24, 2.45) is 28.6 Å². The Hall–Kier alpha value is -0.900. The summed E-state index contributed by atoms with van der Waals surface area (Å²) in [5, 5.41) is 0. The highest BCUT2D eigenvalue weighted by Crippen LogP contribution is 2.66. The second-order valence-electron chi connectivity index (χ2n) is 7.25. The molecule has 4 nitrogen and oxygen atoms in total.